The van der Waals surface area contributed by atoms with E-state index in [1.54, 1.807) is 0 Å². The fourth-order valence-corrected chi connectivity index (χ4v) is 5.90. The van der Waals surface area contributed by atoms with Crippen molar-refractivity contribution in [2.24, 2.45) is 23.2 Å². The molecule has 0 amide bonds. The summed E-state index contributed by atoms with van der Waals surface area (Å²) in [5.41, 5.74) is 0.168. The van der Waals surface area contributed by atoms with Crippen LogP contribution >= 0.6 is 15.9 Å². The van der Waals surface area contributed by atoms with E-state index in [1.807, 2.05) is 0 Å². The molecule has 4 fully saturated rings. The lowest BCUT2D eigenvalue weighted by molar-refractivity contribution is -0.161. The van der Waals surface area contributed by atoms with E-state index in [1.165, 1.54) is 38.5 Å². The molecule has 0 spiro atoms. The first-order chi connectivity index (χ1) is 8.90. The zero-order valence-corrected chi connectivity index (χ0v) is 13.7. The summed E-state index contributed by atoms with van der Waals surface area (Å²) < 4.78 is 5.64. The maximum Gasteiger partial charge on any atom is 0.317 e. The number of esters is 1. The summed E-state index contributed by atoms with van der Waals surface area (Å²) in [6.07, 6.45) is 9.63. The molecule has 2 nitrogen and oxygen atoms in total. The minimum atomic E-state index is -0.309. The highest BCUT2D eigenvalue weighted by Gasteiger charge is 2.52. The van der Waals surface area contributed by atoms with Crippen LogP contribution in [0.1, 0.15) is 58.8 Å². The monoisotopic (exact) mass is 328 g/mol. The average Bonchev–Trinajstić information content (AvgIpc) is 2.24. The lowest BCUT2D eigenvalue weighted by atomic mass is 9.48. The third-order valence-electron chi connectivity index (χ3n) is 5.47. The zero-order chi connectivity index (χ0) is 13.7. The molecule has 0 aromatic carbocycles. The molecule has 4 rings (SSSR count). The number of hydrogen-bond donors (Lipinski definition) is 0. The molecule has 0 aromatic rings. The van der Waals surface area contributed by atoms with E-state index >= 15 is 0 Å². The van der Waals surface area contributed by atoms with E-state index in [-0.39, 0.29) is 11.6 Å². The van der Waals surface area contributed by atoms with Crippen LogP contribution in [0, 0.1) is 23.2 Å². The van der Waals surface area contributed by atoms with Gasteiger partial charge >= 0.3 is 5.97 Å². The van der Waals surface area contributed by atoms with Gasteiger partial charge in [0.1, 0.15) is 10.9 Å². The summed E-state index contributed by atoms with van der Waals surface area (Å²) >= 11 is 3.19. The first-order valence-electron chi connectivity index (χ1n) is 7.68. The van der Waals surface area contributed by atoms with Crippen molar-refractivity contribution in [3.8, 4) is 0 Å². The summed E-state index contributed by atoms with van der Waals surface area (Å²) in [5.74, 6) is 2.77. The fourth-order valence-electron chi connectivity index (χ4n) is 5.78. The highest BCUT2D eigenvalue weighted by Crippen LogP contribution is 2.62. The van der Waals surface area contributed by atoms with Gasteiger partial charge in [-0.2, -0.15) is 0 Å². The predicted octanol–water partition coefficient (Wildman–Crippen LogP) is 4.31. The lowest BCUT2D eigenvalue weighted by Gasteiger charge is -2.58. The molecule has 0 unspecified atom stereocenters. The van der Waals surface area contributed by atoms with Crippen LogP contribution in [0.15, 0.2) is 0 Å². The first-order valence-corrected chi connectivity index (χ1v) is 8.80. The van der Waals surface area contributed by atoms with Crippen LogP contribution in [0.5, 0.6) is 0 Å². The van der Waals surface area contributed by atoms with Crippen LogP contribution in [0.2, 0.25) is 0 Å². The largest absolute Gasteiger partial charge is 0.459 e. The van der Waals surface area contributed by atoms with Gasteiger partial charge < -0.3 is 4.74 Å². The number of rotatable bonds is 4. The molecule has 0 heterocycles. The van der Waals surface area contributed by atoms with Gasteiger partial charge in [0.15, 0.2) is 0 Å². The molecular weight excluding hydrogens is 304 g/mol. The summed E-state index contributed by atoms with van der Waals surface area (Å²) in [7, 11) is 0. The van der Waals surface area contributed by atoms with Crippen LogP contribution < -0.4 is 0 Å². The van der Waals surface area contributed by atoms with Gasteiger partial charge in [-0.1, -0.05) is 15.9 Å². The SMILES string of the molecule is CC(C)(CC12CC3CC(CC(C3)C1)C2)OC(=O)CBr. The molecule has 0 aromatic heterocycles. The molecule has 0 aliphatic heterocycles. The Kier molecular flexibility index (Phi) is 3.48. The highest BCUT2D eigenvalue weighted by atomic mass is 79.9. The maximum absolute atomic E-state index is 11.5. The maximum atomic E-state index is 11.5. The van der Waals surface area contributed by atoms with Crippen molar-refractivity contribution < 1.29 is 9.53 Å². The molecule has 4 aliphatic rings. The molecule has 3 heteroatoms. The van der Waals surface area contributed by atoms with Crippen molar-refractivity contribution in [1.29, 1.82) is 0 Å². The van der Waals surface area contributed by atoms with Crippen LogP contribution in [-0.2, 0) is 9.53 Å². The Bertz CT molecular complexity index is 340. The number of carbonyl (C=O) groups excluding carboxylic acids is 1. The molecule has 0 atom stereocenters. The molecule has 108 valence electrons. The van der Waals surface area contributed by atoms with Gasteiger partial charge in [-0.3, -0.25) is 4.79 Å². The minimum Gasteiger partial charge on any atom is -0.459 e. The van der Waals surface area contributed by atoms with Gasteiger partial charge in [0.05, 0.1) is 0 Å². The Morgan fingerprint density at radius 1 is 1.16 bits per heavy atom. The summed E-state index contributed by atoms with van der Waals surface area (Å²) in [6.45, 7) is 4.18. The second-order valence-electron chi connectivity index (χ2n) is 7.96. The zero-order valence-electron chi connectivity index (χ0n) is 12.1. The number of carbonyl (C=O) groups is 1. The number of halogens is 1. The van der Waals surface area contributed by atoms with Gasteiger partial charge in [0.25, 0.3) is 0 Å². The van der Waals surface area contributed by atoms with Crippen molar-refractivity contribution in [2.75, 3.05) is 5.33 Å². The van der Waals surface area contributed by atoms with Crippen molar-refractivity contribution in [2.45, 2.75) is 64.4 Å². The van der Waals surface area contributed by atoms with E-state index in [9.17, 15) is 4.79 Å². The number of alkyl halides is 1. The molecule has 4 bridgehead atoms. The Balaban J connectivity index is 1.70. The standard InChI is InChI=1S/C16H25BrO2/c1-15(2,19-14(18)9-17)10-16-6-11-3-12(7-16)5-13(4-11)8-16/h11-13H,3-10H2,1-2H3. The van der Waals surface area contributed by atoms with Crippen molar-refractivity contribution >= 4 is 21.9 Å². The fraction of sp³-hybridized carbons (Fsp3) is 0.938. The quantitative estimate of drug-likeness (QED) is 0.567. The second-order valence-corrected chi connectivity index (χ2v) is 8.52. The molecule has 0 saturated heterocycles. The number of ether oxygens (including phenoxy) is 1. The van der Waals surface area contributed by atoms with Crippen LogP contribution in [-0.4, -0.2) is 16.9 Å². The van der Waals surface area contributed by atoms with E-state index in [0.29, 0.717) is 10.7 Å². The number of hydrogen-bond acceptors (Lipinski definition) is 2. The third kappa shape index (κ3) is 2.86. The Hall–Kier alpha value is -0.0500. The molecular formula is C16H25BrO2. The van der Waals surface area contributed by atoms with Gasteiger partial charge in [-0.15, -0.1) is 0 Å². The highest BCUT2D eigenvalue weighted by molar-refractivity contribution is 9.09. The molecule has 4 aliphatic carbocycles. The predicted molar refractivity (Wildman–Crippen MR) is 79.2 cm³/mol. The molecule has 0 N–H and O–H groups in total. The Morgan fingerprint density at radius 3 is 2.05 bits per heavy atom. The van der Waals surface area contributed by atoms with Gasteiger partial charge in [0, 0.05) is 0 Å². The second kappa shape index (κ2) is 4.75. The van der Waals surface area contributed by atoms with Crippen molar-refractivity contribution in [1.82, 2.24) is 0 Å². The van der Waals surface area contributed by atoms with Crippen molar-refractivity contribution in [3.63, 3.8) is 0 Å². The smallest absolute Gasteiger partial charge is 0.317 e. The van der Waals surface area contributed by atoms with Gasteiger partial charge in [-0.25, -0.2) is 0 Å². The van der Waals surface area contributed by atoms with Crippen LogP contribution in [0.25, 0.3) is 0 Å². The molecule has 4 saturated carbocycles. The van der Waals surface area contributed by atoms with Gasteiger partial charge in [0.2, 0.25) is 0 Å². The molecule has 0 radical (unpaired) electrons. The van der Waals surface area contributed by atoms with Crippen molar-refractivity contribution in [3.05, 3.63) is 0 Å². The van der Waals surface area contributed by atoms with E-state index < -0.39 is 0 Å². The van der Waals surface area contributed by atoms with E-state index in [4.69, 9.17) is 4.74 Å². The summed E-state index contributed by atoms with van der Waals surface area (Å²) in [4.78, 5) is 11.5. The third-order valence-corrected chi connectivity index (χ3v) is 5.92. The topological polar surface area (TPSA) is 26.3 Å². The summed E-state index contributed by atoms with van der Waals surface area (Å²) in [5, 5.41) is 0.303. The normalized spacial score (nSPS) is 40.5. The van der Waals surface area contributed by atoms with Gasteiger partial charge in [-0.05, 0) is 82.0 Å². The van der Waals surface area contributed by atoms with Crippen LogP contribution in [0.3, 0.4) is 0 Å². The first kappa shape index (κ1) is 13.9. The van der Waals surface area contributed by atoms with Crippen LogP contribution in [0.4, 0.5) is 0 Å². The lowest BCUT2D eigenvalue weighted by Crippen LogP contribution is -2.49. The minimum absolute atomic E-state index is 0.130. The molecule has 19 heavy (non-hydrogen) atoms. The average molecular weight is 329 g/mol. The summed E-state index contributed by atoms with van der Waals surface area (Å²) in [6, 6.07) is 0. The van der Waals surface area contributed by atoms with E-state index in [2.05, 4.69) is 29.8 Å². The Labute approximate surface area is 124 Å². The van der Waals surface area contributed by atoms with E-state index in [0.717, 1.165) is 24.2 Å². The Morgan fingerprint density at radius 2 is 1.63 bits per heavy atom.